The minimum absolute atomic E-state index is 0.0271. The number of alkyl halides is 3. The highest BCUT2D eigenvalue weighted by Crippen LogP contribution is 2.22. The van der Waals surface area contributed by atoms with Crippen LogP contribution >= 0.6 is 11.6 Å². The SMILES string of the molecule is CC(C)CCCC(C)CCOC(F)(F)Cl. The lowest BCUT2D eigenvalue weighted by Crippen LogP contribution is -2.14. The van der Waals surface area contributed by atoms with Crippen LogP contribution in [0.4, 0.5) is 8.78 Å². The summed E-state index contributed by atoms with van der Waals surface area (Å²) < 4.78 is 28.3. The summed E-state index contributed by atoms with van der Waals surface area (Å²) in [7, 11) is 0. The van der Waals surface area contributed by atoms with Gasteiger partial charge in [-0.15, -0.1) is 0 Å². The first-order valence-electron chi connectivity index (χ1n) is 5.52. The Morgan fingerprint density at radius 3 is 2.20 bits per heavy atom. The molecule has 1 unspecified atom stereocenters. The number of hydrogen-bond acceptors (Lipinski definition) is 1. The van der Waals surface area contributed by atoms with Crippen LogP contribution in [0.3, 0.4) is 0 Å². The number of hydrogen-bond donors (Lipinski definition) is 0. The molecule has 0 saturated carbocycles. The fourth-order valence-electron chi connectivity index (χ4n) is 1.39. The molecule has 0 spiro atoms. The predicted octanol–water partition coefficient (Wildman–Crippen LogP) is 4.64. The monoisotopic (exact) mass is 242 g/mol. The van der Waals surface area contributed by atoms with Crippen LogP contribution in [0, 0.1) is 11.8 Å². The predicted molar refractivity (Wildman–Crippen MR) is 59.2 cm³/mol. The first-order chi connectivity index (χ1) is 6.81. The van der Waals surface area contributed by atoms with Crippen molar-refractivity contribution in [2.24, 2.45) is 11.8 Å². The standard InChI is InChI=1S/C11H21ClF2O/c1-9(2)5-4-6-10(3)7-8-15-11(12,13)14/h9-10H,4-8H2,1-3H3. The van der Waals surface area contributed by atoms with E-state index in [0.29, 0.717) is 18.3 Å². The highest BCUT2D eigenvalue weighted by atomic mass is 35.5. The molecule has 0 saturated heterocycles. The molecule has 0 bridgehead atoms. The highest BCUT2D eigenvalue weighted by molar-refractivity contribution is 6.20. The van der Waals surface area contributed by atoms with Crippen molar-refractivity contribution in [1.82, 2.24) is 0 Å². The van der Waals surface area contributed by atoms with E-state index in [9.17, 15) is 8.78 Å². The summed E-state index contributed by atoms with van der Waals surface area (Å²) in [5.41, 5.74) is -3.50. The number of ether oxygens (including phenoxy) is 1. The zero-order chi connectivity index (χ0) is 11.9. The van der Waals surface area contributed by atoms with E-state index in [-0.39, 0.29) is 6.61 Å². The molecule has 0 amide bonds. The quantitative estimate of drug-likeness (QED) is 0.563. The summed E-state index contributed by atoms with van der Waals surface area (Å²) in [6.07, 6.45) is 4.04. The van der Waals surface area contributed by atoms with Crippen molar-refractivity contribution in [1.29, 1.82) is 0 Å². The Hall–Kier alpha value is 0.110. The minimum Gasteiger partial charge on any atom is -0.307 e. The first kappa shape index (κ1) is 15.1. The maximum absolute atomic E-state index is 12.1. The first-order valence-corrected chi connectivity index (χ1v) is 5.89. The molecule has 0 radical (unpaired) electrons. The zero-order valence-electron chi connectivity index (χ0n) is 9.73. The molecular weight excluding hydrogens is 222 g/mol. The summed E-state index contributed by atoms with van der Waals surface area (Å²) in [5.74, 6) is 1.13. The van der Waals surface area contributed by atoms with Crippen LogP contribution in [0.5, 0.6) is 0 Å². The van der Waals surface area contributed by atoms with E-state index >= 15 is 0 Å². The molecule has 4 heteroatoms. The lowest BCUT2D eigenvalue weighted by Gasteiger charge is -2.14. The van der Waals surface area contributed by atoms with Crippen LogP contribution < -0.4 is 0 Å². The summed E-state index contributed by atoms with van der Waals surface area (Å²) in [4.78, 5) is 0. The topological polar surface area (TPSA) is 9.23 Å². The van der Waals surface area contributed by atoms with Gasteiger partial charge in [0.15, 0.2) is 0 Å². The van der Waals surface area contributed by atoms with Gasteiger partial charge in [0, 0.05) is 0 Å². The van der Waals surface area contributed by atoms with Crippen LogP contribution in [-0.2, 0) is 4.74 Å². The fourth-order valence-corrected chi connectivity index (χ4v) is 1.47. The Morgan fingerprint density at radius 2 is 1.73 bits per heavy atom. The second-order valence-electron chi connectivity index (χ2n) is 4.51. The average Bonchev–Trinajstić information content (AvgIpc) is 2.00. The zero-order valence-corrected chi connectivity index (χ0v) is 10.5. The van der Waals surface area contributed by atoms with E-state index in [4.69, 9.17) is 0 Å². The van der Waals surface area contributed by atoms with Crippen LogP contribution in [0.2, 0.25) is 0 Å². The molecule has 0 aromatic heterocycles. The van der Waals surface area contributed by atoms with Crippen molar-refractivity contribution in [2.45, 2.75) is 52.0 Å². The molecule has 1 atom stereocenters. The Bertz CT molecular complexity index is 157. The van der Waals surface area contributed by atoms with Gasteiger partial charge in [0.2, 0.25) is 0 Å². The maximum Gasteiger partial charge on any atom is 0.440 e. The molecule has 0 N–H and O–H groups in total. The Balaban J connectivity index is 3.37. The third-order valence-corrected chi connectivity index (χ3v) is 2.46. The summed E-state index contributed by atoms with van der Waals surface area (Å²) >= 11 is 4.61. The van der Waals surface area contributed by atoms with Crippen molar-refractivity contribution < 1.29 is 13.5 Å². The van der Waals surface area contributed by atoms with Gasteiger partial charge >= 0.3 is 5.57 Å². The van der Waals surface area contributed by atoms with Crippen molar-refractivity contribution in [3.8, 4) is 0 Å². The molecule has 1 nitrogen and oxygen atoms in total. The maximum atomic E-state index is 12.1. The molecule has 0 aliphatic heterocycles. The molecule has 15 heavy (non-hydrogen) atoms. The average molecular weight is 243 g/mol. The second kappa shape index (κ2) is 7.39. The van der Waals surface area contributed by atoms with Crippen molar-refractivity contribution in [3.05, 3.63) is 0 Å². The number of halogens is 3. The molecule has 0 aliphatic rings. The Kier molecular flexibility index (Phi) is 7.45. The van der Waals surface area contributed by atoms with E-state index in [1.807, 2.05) is 0 Å². The normalized spacial score (nSPS) is 14.6. The Labute approximate surface area is 96.1 Å². The molecule has 0 heterocycles. The van der Waals surface area contributed by atoms with Gasteiger partial charge in [-0.2, -0.15) is 8.78 Å². The molecule has 0 aromatic rings. The van der Waals surface area contributed by atoms with E-state index in [0.717, 1.165) is 12.8 Å². The van der Waals surface area contributed by atoms with Crippen LogP contribution in [0.15, 0.2) is 0 Å². The summed E-state index contributed by atoms with van der Waals surface area (Å²) in [5, 5.41) is 0. The van der Waals surface area contributed by atoms with Crippen LogP contribution in [0.1, 0.15) is 46.5 Å². The van der Waals surface area contributed by atoms with Gasteiger partial charge in [-0.05, 0) is 29.9 Å². The highest BCUT2D eigenvalue weighted by Gasteiger charge is 2.25. The minimum atomic E-state index is -3.50. The van der Waals surface area contributed by atoms with E-state index in [1.54, 1.807) is 0 Å². The third-order valence-electron chi connectivity index (χ3n) is 2.35. The van der Waals surface area contributed by atoms with Crippen LogP contribution in [0.25, 0.3) is 0 Å². The third kappa shape index (κ3) is 12.0. The van der Waals surface area contributed by atoms with Gasteiger partial charge in [-0.25, -0.2) is 0 Å². The molecule has 92 valence electrons. The van der Waals surface area contributed by atoms with Crippen molar-refractivity contribution in [2.75, 3.05) is 6.61 Å². The fraction of sp³-hybridized carbons (Fsp3) is 1.00. The number of rotatable bonds is 8. The lowest BCUT2D eigenvalue weighted by molar-refractivity contribution is -0.171. The van der Waals surface area contributed by atoms with Crippen LogP contribution in [-0.4, -0.2) is 12.2 Å². The van der Waals surface area contributed by atoms with E-state index in [2.05, 4.69) is 37.1 Å². The van der Waals surface area contributed by atoms with E-state index < -0.39 is 5.57 Å². The van der Waals surface area contributed by atoms with Gasteiger partial charge < -0.3 is 4.74 Å². The van der Waals surface area contributed by atoms with E-state index in [1.165, 1.54) is 6.42 Å². The lowest BCUT2D eigenvalue weighted by atomic mass is 9.98. The second-order valence-corrected chi connectivity index (χ2v) is 4.95. The smallest absolute Gasteiger partial charge is 0.307 e. The molecule has 0 aliphatic carbocycles. The van der Waals surface area contributed by atoms with Gasteiger partial charge in [-0.3, -0.25) is 0 Å². The molecule has 0 fully saturated rings. The van der Waals surface area contributed by atoms with Crippen molar-refractivity contribution in [3.63, 3.8) is 0 Å². The molecule has 0 rings (SSSR count). The van der Waals surface area contributed by atoms with Gasteiger partial charge in [0.1, 0.15) is 0 Å². The molecular formula is C11H21ClF2O. The Morgan fingerprint density at radius 1 is 1.13 bits per heavy atom. The largest absolute Gasteiger partial charge is 0.440 e. The van der Waals surface area contributed by atoms with Gasteiger partial charge in [0.05, 0.1) is 6.61 Å². The van der Waals surface area contributed by atoms with Gasteiger partial charge in [-0.1, -0.05) is 40.0 Å². The summed E-state index contributed by atoms with van der Waals surface area (Å²) in [6, 6.07) is 0. The van der Waals surface area contributed by atoms with Gasteiger partial charge in [0.25, 0.3) is 0 Å². The molecule has 0 aromatic carbocycles. The summed E-state index contributed by atoms with van der Waals surface area (Å²) in [6.45, 7) is 6.44. The van der Waals surface area contributed by atoms with Crippen molar-refractivity contribution >= 4 is 11.6 Å².